The molecule has 4 N–H and O–H groups in total. The number of rotatable bonds is 5. The fourth-order valence-corrected chi connectivity index (χ4v) is 2.62. The van der Waals surface area contributed by atoms with Crippen LogP contribution in [0.4, 0.5) is 23.0 Å². The molecule has 0 aliphatic heterocycles. The van der Waals surface area contributed by atoms with Crippen molar-refractivity contribution in [2.45, 2.75) is 13.8 Å². The van der Waals surface area contributed by atoms with Crippen LogP contribution < -0.4 is 16.4 Å². The lowest BCUT2D eigenvalue weighted by molar-refractivity contribution is 0.1000. The number of nitrogens with two attached hydrogens (primary N) is 1. The Bertz CT molecular complexity index is 893. The van der Waals surface area contributed by atoms with Crippen LogP contribution in [0.15, 0.2) is 60.7 Å². The number of pyridine rings is 1. The van der Waals surface area contributed by atoms with E-state index >= 15 is 0 Å². The molecule has 0 radical (unpaired) electrons. The number of para-hydroxylation sites is 2. The Kier molecular flexibility index (Phi) is 4.66. The highest BCUT2D eigenvalue weighted by atomic mass is 16.1. The zero-order chi connectivity index (χ0) is 17.8. The van der Waals surface area contributed by atoms with E-state index in [1.807, 2.05) is 74.5 Å². The standard InChI is InChI=1S/C20H20N4O/c1-13-14(2)19(22-15-9-5-3-6-10-15)24-20(17(13)18(21)25)23-16-11-7-4-8-12-16/h3-12H,1-2H3,(H2,21,25)(H2,22,23,24). The normalized spacial score (nSPS) is 10.3. The van der Waals surface area contributed by atoms with Gasteiger partial charge in [-0.1, -0.05) is 36.4 Å². The Morgan fingerprint density at radius 3 is 1.76 bits per heavy atom. The second kappa shape index (κ2) is 7.05. The molecule has 25 heavy (non-hydrogen) atoms. The molecule has 0 aliphatic rings. The van der Waals surface area contributed by atoms with Gasteiger partial charge in [-0.3, -0.25) is 4.79 Å². The Balaban J connectivity index is 2.06. The molecule has 1 aromatic heterocycles. The predicted molar refractivity (Wildman–Crippen MR) is 102 cm³/mol. The Labute approximate surface area is 146 Å². The van der Waals surface area contributed by atoms with Crippen LogP contribution in [0, 0.1) is 13.8 Å². The Morgan fingerprint density at radius 2 is 1.28 bits per heavy atom. The fourth-order valence-electron chi connectivity index (χ4n) is 2.62. The molecule has 3 aromatic rings. The van der Waals surface area contributed by atoms with Crippen molar-refractivity contribution >= 4 is 28.9 Å². The van der Waals surface area contributed by atoms with Crippen molar-refractivity contribution in [3.8, 4) is 0 Å². The van der Waals surface area contributed by atoms with Crippen molar-refractivity contribution in [3.63, 3.8) is 0 Å². The van der Waals surface area contributed by atoms with Crippen molar-refractivity contribution in [2.24, 2.45) is 5.73 Å². The van der Waals surface area contributed by atoms with E-state index < -0.39 is 5.91 Å². The lowest BCUT2D eigenvalue weighted by atomic mass is 10.0. The van der Waals surface area contributed by atoms with Gasteiger partial charge < -0.3 is 16.4 Å². The highest BCUT2D eigenvalue weighted by molar-refractivity contribution is 6.00. The molecule has 3 rings (SSSR count). The summed E-state index contributed by atoms with van der Waals surface area (Å²) in [5, 5.41) is 6.50. The van der Waals surface area contributed by atoms with Gasteiger partial charge in [-0.05, 0) is 49.2 Å². The average molecular weight is 332 g/mol. The Morgan fingerprint density at radius 1 is 0.800 bits per heavy atom. The highest BCUT2D eigenvalue weighted by Gasteiger charge is 2.18. The van der Waals surface area contributed by atoms with Gasteiger partial charge in [-0.15, -0.1) is 0 Å². The molecule has 126 valence electrons. The zero-order valence-electron chi connectivity index (χ0n) is 14.2. The molecular weight excluding hydrogens is 312 g/mol. The van der Waals surface area contributed by atoms with Crippen molar-refractivity contribution in [2.75, 3.05) is 10.6 Å². The molecule has 0 unspecified atom stereocenters. The number of nitrogens with one attached hydrogen (secondary N) is 2. The molecule has 1 amide bonds. The summed E-state index contributed by atoms with van der Waals surface area (Å²) in [5.41, 5.74) is 9.46. The van der Waals surface area contributed by atoms with E-state index in [9.17, 15) is 4.79 Å². The van der Waals surface area contributed by atoms with E-state index in [-0.39, 0.29) is 0 Å². The van der Waals surface area contributed by atoms with E-state index in [0.717, 1.165) is 22.5 Å². The second-order valence-electron chi connectivity index (χ2n) is 5.78. The molecule has 0 bridgehead atoms. The zero-order valence-corrected chi connectivity index (χ0v) is 14.2. The van der Waals surface area contributed by atoms with Gasteiger partial charge in [0.2, 0.25) is 0 Å². The first-order chi connectivity index (χ1) is 12.1. The van der Waals surface area contributed by atoms with Gasteiger partial charge in [0.25, 0.3) is 5.91 Å². The van der Waals surface area contributed by atoms with E-state index in [1.165, 1.54) is 0 Å². The van der Waals surface area contributed by atoms with Gasteiger partial charge in [0.1, 0.15) is 11.6 Å². The summed E-state index contributed by atoms with van der Waals surface area (Å²) < 4.78 is 0. The first-order valence-electron chi connectivity index (χ1n) is 8.01. The number of aromatic nitrogens is 1. The molecule has 0 fully saturated rings. The van der Waals surface area contributed by atoms with Crippen LogP contribution in [-0.4, -0.2) is 10.9 Å². The largest absolute Gasteiger partial charge is 0.365 e. The fraction of sp³-hybridized carbons (Fsp3) is 0.100. The SMILES string of the molecule is Cc1c(Nc2ccccc2)nc(Nc2ccccc2)c(C(N)=O)c1C. The number of hydrogen-bond acceptors (Lipinski definition) is 4. The third-order valence-corrected chi connectivity index (χ3v) is 4.07. The first-order valence-corrected chi connectivity index (χ1v) is 8.01. The lowest BCUT2D eigenvalue weighted by Crippen LogP contribution is -2.18. The summed E-state index contributed by atoms with van der Waals surface area (Å²) in [7, 11) is 0. The molecule has 0 spiro atoms. The van der Waals surface area contributed by atoms with Crippen LogP contribution in [-0.2, 0) is 0 Å². The Hall–Kier alpha value is -3.34. The molecule has 0 saturated carbocycles. The van der Waals surface area contributed by atoms with Crippen LogP contribution in [0.1, 0.15) is 21.5 Å². The molecule has 1 heterocycles. The number of benzene rings is 2. The summed E-state index contributed by atoms with van der Waals surface area (Å²) in [6, 6.07) is 19.3. The minimum Gasteiger partial charge on any atom is -0.365 e. The third kappa shape index (κ3) is 3.61. The van der Waals surface area contributed by atoms with Gasteiger partial charge in [0, 0.05) is 11.4 Å². The number of hydrogen-bond donors (Lipinski definition) is 3. The molecule has 5 nitrogen and oxygen atoms in total. The summed E-state index contributed by atoms with van der Waals surface area (Å²) >= 11 is 0. The third-order valence-electron chi connectivity index (χ3n) is 4.07. The van der Waals surface area contributed by atoms with Crippen molar-refractivity contribution in [1.82, 2.24) is 4.98 Å². The number of carbonyl (C=O) groups excluding carboxylic acids is 1. The quantitative estimate of drug-likeness (QED) is 0.651. The minimum absolute atomic E-state index is 0.403. The number of carbonyl (C=O) groups is 1. The number of anilines is 4. The van der Waals surface area contributed by atoms with Gasteiger partial charge in [0.05, 0.1) is 5.56 Å². The average Bonchev–Trinajstić information content (AvgIpc) is 2.61. The highest BCUT2D eigenvalue weighted by Crippen LogP contribution is 2.29. The lowest BCUT2D eigenvalue weighted by Gasteiger charge is -2.17. The van der Waals surface area contributed by atoms with Crippen molar-refractivity contribution in [3.05, 3.63) is 77.4 Å². The molecule has 2 aromatic carbocycles. The van der Waals surface area contributed by atoms with Crippen molar-refractivity contribution < 1.29 is 4.79 Å². The van der Waals surface area contributed by atoms with Gasteiger partial charge in [-0.2, -0.15) is 0 Å². The summed E-state index contributed by atoms with van der Waals surface area (Å²) in [5.74, 6) is 0.630. The summed E-state index contributed by atoms with van der Waals surface area (Å²) in [4.78, 5) is 16.6. The molecular formula is C20H20N4O. The molecule has 5 heteroatoms. The maximum atomic E-state index is 12.0. The molecule has 0 saturated heterocycles. The number of nitrogens with zero attached hydrogens (tertiary/aromatic N) is 1. The van der Waals surface area contributed by atoms with E-state index in [0.29, 0.717) is 17.2 Å². The van der Waals surface area contributed by atoms with Crippen LogP contribution >= 0.6 is 0 Å². The monoisotopic (exact) mass is 332 g/mol. The second-order valence-corrected chi connectivity index (χ2v) is 5.78. The first kappa shape index (κ1) is 16.5. The van der Waals surface area contributed by atoms with Crippen LogP contribution in [0.25, 0.3) is 0 Å². The number of amides is 1. The van der Waals surface area contributed by atoms with Crippen LogP contribution in [0.5, 0.6) is 0 Å². The van der Waals surface area contributed by atoms with Crippen molar-refractivity contribution in [1.29, 1.82) is 0 Å². The van der Waals surface area contributed by atoms with Gasteiger partial charge in [0.15, 0.2) is 0 Å². The van der Waals surface area contributed by atoms with E-state index in [4.69, 9.17) is 5.73 Å². The van der Waals surface area contributed by atoms with Gasteiger partial charge in [-0.25, -0.2) is 4.98 Å². The molecule has 0 atom stereocenters. The summed E-state index contributed by atoms with van der Waals surface area (Å²) in [6.45, 7) is 3.80. The molecule has 0 aliphatic carbocycles. The maximum Gasteiger partial charge on any atom is 0.252 e. The summed E-state index contributed by atoms with van der Waals surface area (Å²) in [6.07, 6.45) is 0. The number of primary amides is 1. The van der Waals surface area contributed by atoms with Crippen LogP contribution in [0.3, 0.4) is 0 Å². The van der Waals surface area contributed by atoms with Gasteiger partial charge >= 0.3 is 0 Å². The smallest absolute Gasteiger partial charge is 0.252 e. The van der Waals surface area contributed by atoms with E-state index in [1.54, 1.807) is 0 Å². The van der Waals surface area contributed by atoms with E-state index in [2.05, 4.69) is 15.6 Å². The maximum absolute atomic E-state index is 12.0. The predicted octanol–water partition coefficient (Wildman–Crippen LogP) is 4.28. The minimum atomic E-state index is -0.502. The topological polar surface area (TPSA) is 80.0 Å². The van der Waals surface area contributed by atoms with Crippen LogP contribution in [0.2, 0.25) is 0 Å².